The molecule has 0 fully saturated rings. The first-order valence-electron chi connectivity index (χ1n) is 8.42. The number of amides is 1. The number of anilines is 2. The summed E-state index contributed by atoms with van der Waals surface area (Å²) >= 11 is 0. The Balaban J connectivity index is 1.63. The van der Waals surface area contributed by atoms with E-state index in [1.165, 1.54) is 0 Å². The van der Waals surface area contributed by atoms with E-state index < -0.39 is 0 Å². The lowest BCUT2D eigenvalue weighted by Gasteiger charge is -2.21. The second kappa shape index (κ2) is 7.70. The van der Waals surface area contributed by atoms with E-state index in [0.29, 0.717) is 12.3 Å². The first-order chi connectivity index (χ1) is 12.2. The molecule has 0 aliphatic rings. The molecule has 2 aromatic heterocycles. The van der Waals surface area contributed by atoms with Crippen LogP contribution in [0.3, 0.4) is 0 Å². The Kier molecular flexibility index (Phi) is 5.18. The number of aromatic nitrogens is 2. The molecular weight excluding hydrogens is 316 g/mol. The average Bonchev–Trinajstić information content (AvgIpc) is 3.30. The van der Waals surface area contributed by atoms with Gasteiger partial charge in [-0.05, 0) is 56.3 Å². The predicted molar refractivity (Wildman–Crippen MR) is 98.0 cm³/mol. The highest BCUT2D eigenvalue weighted by Gasteiger charge is 2.12. The third-order valence-corrected chi connectivity index (χ3v) is 4.02. The number of rotatable bonds is 7. The molecule has 6 heteroatoms. The molecule has 6 nitrogen and oxygen atoms in total. The van der Waals surface area contributed by atoms with E-state index in [-0.39, 0.29) is 11.7 Å². The van der Waals surface area contributed by atoms with Gasteiger partial charge in [0.05, 0.1) is 6.54 Å². The third-order valence-electron chi connectivity index (χ3n) is 4.02. The van der Waals surface area contributed by atoms with Crippen LogP contribution in [0.4, 0.5) is 11.4 Å². The third kappa shape index (κ3) is 4.09. The summed E-state index contributed by atoms with van der Waals surface area (Å²) in [5.74, 6) is 0.711. The first-order valence-corrected chi connectivity index (χ1v) is 8.42. The van der Waals surface area contributed by atoms with Crippen molar-refractivity contribution in [3.05, 3.63) is 66.4 Å². The molecule has 1 aromatic carbocycles. The molecular formula is C19H22N4O2. The van der Waals surface area contributed by atoms with Gasteiger partial charge < -0.3 is 14.6 Å². The summed E-state index contributed by atoms with van der Waals surface area (Å²) in [4.78, 5) is 14.6. The first kappa shape index (κ1) is 16.8. The Morgan fingerprint density at radius 2 is 1.92 bits per heavy atom. The van der Waals surface area contributed by atoms with Crippen molar-refractivity contribution in [3.8, 4) is 0 Å². The fraction of sp³-hybridized carbons (Fsp3) is 0.263. The van der Waals surface area contributed by atoms with Crippen LogP contribution < -0.4 is 10.2 Å². The van der Waals surface area contributed by atoms with Crippen LogP contribution in [0.25, 0.3) is 0 Å². The SMILES string of the molecule is CCN(CC)c1ccc(NC(=O)c2ccc(Cn3cccn3)o2)cc1. The van der Waals surface area contributed by atoms with Gasteiger partial charge in [0.15, 0.2) is 5.76 Å². The van der Waals surface area contributed by atoms with Crippen LogP contribution in [0.15, 0.2) is 59.3 Å². The second-order valence-electron chi connectivity index (χ2n) is 5.64. The minimum atomic E-state index is -0.262. The summed E-state index contributed by atoms with van der Waals surface area (Å²) in [6.45, 7) is 6.65. The van der Waals surface area contributed by atoms with Crippen LogP contribution in [0.5, 0.6) is 0 Å². The summed E-state index contributed by atoms with van der Waals surface area (Å²) in [5, 5.41) is 6.98. The largest absolute Gasteiger partial charge is 0.454 e. The number of nitrogens with one attached hydrogen (secondary N) is 1. The number of carbonyl (C=O) groups excluding carboxylic acids is 1. The van der Waals surface area contributed by atoms with Gasteiger partial charge in [-0.15, -0.1) is 0 Å². The van der Waals surface area contributed by atoms with Gasteiger partial charge in [-0.25, -0.2) is 0 Å². The molecule has 2 heterocycles. The number of hydrogen-bond acceptors (Lipinski definition) is 4. The smallest absolute Gasteiger partial charge is 0.291 e. The zero-order chi connectivity index (χ0) is 17.6. The summed E-state index contributed by atoms with van der Waals surface area (Å²) < 4.78 is 7.35. The molecule has 130 valence electrons. The lowest BCUT2D eigenvalue weighted by atomic mass is 10.2. The maximum atomic E-state index is 12.3. The van der Waals surface area contributed by atoms with Crippen molar-refractivity contribution in [3.63, 3.8) is 0 Å². The van der Waals surface area contributed by atoms with Crippen molar-refractivity contribution in [2.24, 2.45) is 0 Å². The van der Waals surface area contributed by atoms with Crippen molar-refractivity contribution in [1.82, 2.24) is 9.78 Å². The molecule has 0 saturated carbocycles. The van der Waals surface area contributed by atoms with E-state index in [1.807, 2.05) is 36.5 Å². The van der Waals surface area contributed by atoms with E-state index in [2.05, 4.69) is 29.2 Å². The number of nitrogens with zero attached hydrogens (tertiary/aromatic N) is 3. The number of furan rings is 1. The Hall–Kier alpha value is -3.02. The molecule has 0 saturated heterocycles. The minimum Gasteiger partial charge on any atom is -0.454 e. The van der Waals surface area contributed by atoms with E-state index in [9.17, 15) is 4.79 Å². The molecule has 0 spiro atoms. The summed E-state index contributed by atoms with van der Waals surface area (Å²) in [7, 11) is 0. The Morgan fingerprint density at radius 1 is 1.16 bits per heavy atom. The van der Waals surface area contributed by atoms with Gasteiger partial charge in [0.2, 0.25) is 0 Å². The van der Waals surface area contributed by atoms with Crippen molar-refractivity contribution in [2.75, 3.05) is 23.3 Å². The summed E-state index contributed by atoms with van der Waals surface area (Å²) in [6, 6.07) is 13.1. The average molecular weight is 338 g/mol. The van der Waals surface area contributed by atoms with Crippen molar-refractivity contribution in [2.45, 2.75) is 20.4 Å². The van der Waals surface area contributed by atoms with Crippen LogP contribution in [-0.2, 0) is 6.54 Å². The number of hydrogen-bond donors (Lipinski definition) is 1. The van der Waals surface area contributed by atoms with E-state index in [0.717, 1.165) is 24.5 Å². The van der Waals surface area contributed by atoms with E-state index in [4.69, 9.17) is 4.42 Å². The number of carbonyl (C=O) groups is 1. The minimum absolute atomic E-state index is 0.262. The Morgan fingerprint density at radius 3 is 2.56 bits per heavy atom. The fourth-order valence-electron chi connectivity index (χ4n) is 2.68. The second-order valence-corrected chi connectivity index (χ2v) is 5.64. The van der Waals surface area contributed by atoms with Crippen LogP contribution in [0.1, 0.15) is 30.2 Å². The lowest BCUT2D eigenvalue weighted by Crippen LogP contribution is -2.21. The molecule has 0 aliphatic carbocycles. The van der Waals surface area contributed by atoms with Gasteiger partial charge in [0.1, 0.15) is 5.76 Å². The van der Waals surface area contributed by atoms with Crippen LogP contribution in [0.2, 0.25) is 0 Å². The predicted octanol–water partition coefficient (Wildman–Crippen LogP) is 3.62. The number of benzene rings is 1. The molecule has 25 heavy (non-hydrogen) atoms. The maximum absolute atomic E-state index is 12.3. The van der Waals surface area contributed by atoms with Crippen molar-refractivity contribution >= 4 is 17.3 Å². The van der Waals surface area contributed by atoms with E-state index in [1.54, 1.807) is 23.0 Å². The summed E-state index contributed by atoms with van der Waals surface area (Å²) in [5.41, 5.74) is 1.88. The van der Waals surface area contributed by atoms with Gasteiger partial charge in [-0.1, -0.05) is 0 Å². The Labute approximate surface area is 147 Å². The van der Waals surface area contributed by atoms with Crippen molar-refractivity contribution < 1.29 is 9.21 Å². The Bertz CT molecular complexity index is 802. The van der Waals surface area contributed by atoms with Gasteiger partial charge >= 0.3 is 0 Å². The molecule has 1 amide bonds. The highest BCUT2D eigenvalue weighted by Crippen LogP contribution is 2.19. The van der Waals surface area contributed by atoms with E-state index >= 15 is 0 Å². The molecule has 0 unspecified atom stereocenters. The molecule has 0 aliphatic heterocycles. The highest BCUT2D eigenvalue weighted by molar-refractivity contribution is 6.02. The highest BCUT2D eigenvalue weighted by atomic mass is 16.4. The van der Waals surface area contributed by atoms with Gasteiger partial charge in [-0.2, -0.15) is 5.10 Å². The van der Waals surface area contributed by atoms with Gasteiger partial charge in [0, 0.05) is 36.9 Å². The molecule has 3 aromatic rings. The van der Waals surface area contributed by atoms with Crippen LogP contribution >= 0.6 is 0 Å². The molecule has 1 N–H and O–H groups in total. The normalized spacial score (nSPS) is 10.6. The lowest BCUT2D eigenvalue weighted by molar-refractivity contribution is 0.0994. The fourth-order valence-corrected chi connectivity index (χ4v) is 2.68. The zero-order valence-corrected chi connectivity index (χ0v) is 14.5. The molecule has 0 bridgehead atoms. The van der Waals surface area contributed by atoms with Gasteiger partial charge in [0.25, 0.3) is 5.91 Å². The quantitative estimate of drug-likeness (QED) is 0.714. The van der Waals surface area contributed by atoms with Gasteiger partial charge in [-0.3, -0.25) is 9.48 Å². The molecule has 0 atom stereocenters. The molecule has 3 rings (SSSR count). The maximum Gasteiger partial charge on any atom is 0.291 e. The summed E-state index contributed by atoms with van der Waals surface area (Å²) in [6.07, 6.45) is 3.55. The zero-order valence-electron chi connectivity index (χ0n) is 14.5. The monoisotopic (exact) mass is 338 g/mol. The molecule has 0 radical (unpaired) electrons. The van der Waals surface area contributed by atoms with Crippen LogP contribution in [-0.4, -0.2) is 28.8 Å². The van der Waals surface area contributed by atoms with Crippen molar-refractivity contribution in [1.29, 1.82) is 0 Å². The standard InChI is InChI=1S/C19H22N4O2/c1-3-22(4-2)16-8-6-15(7-9-16)21-19(24)18-11-10-17(25-18)14-23-13-5-12-20-23/h5-13H,3-4,14H2,1-2H3,(H,21,24). The topological polar surface area (TPSA) is 63.3 Å². The van der Waals surface area contributed by atoms with Crippen LogP contribution in [0, 0.1) is 0 Å².